The quantitative estimate of drug-likeness (QED) is 0.638. The van der Waals surface area contributed by atoms with Gasteiger partial charge in [0.15, 0.2) is 0 Å². The third-order valence-corrected chi connectivity index (χ3v) is 5.00. The van der Waals surface area contributed by atoms with Gasteiger partial charge in [-0.1, -0.05) is 20.3 Å². The van der Waals surface area contributed by atoms with Crippen molar-refractivity contribution in [3.63, 3.8) is 0 Å². The van der Waals surface area contributed by atoms with Crippen molar-refractivity contribution in [3.05, 3.63) is 0 Å². The van der Waals surface area contributed by atoms with Crippen LogP contribution in [0.15, 0.2) is 0 Å². The van der Waals surface area contributed by atoms with Crippen molar-refractivity contribution >= 4 is 12.6 Å². The van der Waals surface area contributed by atoms with Crippen molar-refractivity contribution in [3.8, 4) is 0 Å². The number of ether oxygens (including phenoxy) is 1. The van der Waals surface area contributed by atoms with Crippen molar-refractivity contribution in [2.45, 2.75) is 52.0 Å². The Labute approximate surface area is 113 Å². The molecule has 3 heteroatoms. The molecule has 0 bridgehead atoms. The molecule has 0 radical (unpaired) electrons. The fourth-order valence-corrected chi connectivity index (χ4v) is 3.29. The van der Waals surface area contributed by atoms with Crippen LogP contribution in [0.2, 0.25) is 0 Å². The van der Waals surface area contributed by atoms with Crippen LogP contribution in [0.4, 0.5) is 0 Å². The first-order valence-electron chi connectivity index (χ1n) is 7.05. The number of hydrogen-bond acceptors (Lipinski definition) is 3. The lowest BCUT2D eigenvalue weighted by atomic mass is 9.69. The molecule has 0 N–H and O–H groups in total. The molecule has 0 aromatic heterocycles. The molecule has 0 heterocycles. The van der Waals surface area contributed by atoms with Gasteiger partial charge in [0.1, 0.15) is 0 Å². The minimum atomic E-state index is 0.499. The van der Waals surface area contributed by atoms with Gasteiger partial charge in [0.2, 0.25) is 0 Å². The number of methoxy groups -OCH3 is 1. The summed E-state index contributed by atoms with van der Waals surface area (Å²) in [6, 6.07) is 0.711. The number of hydrogen-bond donors (Lipinski definition) is 1. The molecule has 0 unspecified atom stereocenters. The minimum Gasteiger partial charge on any atom is -0.383 e. The van der Waals surface area contributed by atoms with Crippen LogP contribution >= 0.6 is 12.6 Å². The third kappa shape index (κ3) is 4.15. The topological polar surface area (TPSA) is 12.5 Å². The van der Waals surface area contributed by atoms with E-state index in [1.54, 1.807) is 7.11 Å². The number of thiol groups is 1. The first-order chi connectivity index (χ1) is 8.21. The van der Waals surface area contributed by atoms with Crippen molar-refractivity contribution < 1.29 is 4.74 Å². The van der Waals surface area contributed by atoms with Crippen molar-refractivity contribution in [1.82, 2.24) is 4.90 Å². The van der Waals surface area contributed by atoms with E-state index in [0.29, 0.717) is 11.5 Å². The van der Waals surface area contributed by atoms with Gasteiger partial charge in [0, 0.05) is 26.2 Å². The molecule has 1 rings (SSSR count). The molecule has 1 saturated carbocycles. The van der Waals surface area contributed by atoms with Crippen LogP contribution in [-0.2, 0) is 4.74 Å². The van der Waals surface area contributed by atoms with Crippen LogP contribution in [0.25, 0.3) is 0 Å². The van der Waals surface area contributed by atoms with E-state index in [0.717, 1.165) is 18.9 Å². The Morgan fingerprint density at radius 2 is 1.94 bits per heavy atom. The second-order valence-electron chi connectivity index (χ2n) is 5.45. The Balaban J connectivity index is 2.55. The van der Waals surface area contributed by atoms with Crippen molar-refractivity contribution in [2.24, 2.45) is 5.41 Å². The zero-order valence-corrected chi connectivity index (χ0v) is 12.6. The first-order valence-corrected chi connectivity index (χ1v) is 7.68. The molecule has 0 atom stereocenters. The maximum absolute atomic E-state index is 5.25. The molecule has 1 aliphatic rings. The summed E-state index contributed by atoms with van der Waals surface area (Å²) in [6.07, 6.45) is 6.59. The highest BCUT2D eigenvalue weighted by Crippen LogP contribution is 2.42. The maximum atomic E-state index is 5.25. The standard InChI is InChI=1S/C14H29NOS/c1-4-13(5-2)15(9-10-16-3)11-14(12-17)7-6-8-14/h13,17H,4-12H2,1-3H3. The second kappa shape index (κ2) is 7.65. The van der Waals surface area contributed by atoms with E-state index in [1.807, 2.05) is 0 Å². The highest BCUT2D eigenvalue weighted by atomic mass is 32.1. The fourth-order valence-electron chi connectivity index (χ4n) is 2.88. The summed E-state index contributed by atoms with van der Waals surface area (Å²) in [4.78, 5) is 2.64. The minimum absolute atomic E-state index is 0.499. The van der Waals surface area contributed by atoms with Crippen LogP contribution in [0, 0.1) is 5.41 Å². The van der Waals surface area contributed by atoms with Gasteiger partial charge in [-0.2, -0.15) is 12.6 Å². The predicted octanol–water partition coefficient (Wildman–Crippen LogP) is 3.22. The van der Waals surface area contributed by atoms with Gasteiger partial charge >= 0.3 is 0 Å². The molecular weight excluding hydrogens is 230 g/mol. The summed E-state index contributed by atoms with van der Waals surface area (Å²) in [7, 11) is 1.79. The molecule has 1 aliphatic carbocycles. The van der Waals surface area contributed by atoms with E-state index in [-0.39, 0.29) is 0 Å². The van der Waals surface area contributed by atoms with Crippen LogP contribution in [0.1, 0.15) is 46.0 Å². The maximum Gasteiger partial charge on any atom is 0.0589 e. The van der Waals surface area contributed by atoms with E-state index in [4.69, 9.17) is 4.74 Å². The lowest BCUT2D eigenvalue weighted by Crippen LogP contribution is -2.48. The average Bonchev–Trinajstić information content (AvgIpc) is 2.31. The van der Waals surface area contributed by atoms with E-state index >= 15 is 0 Å². The third-order valence-electron chi connectivity index (χ3n) is 4.33. The van der Waals surface area contributed by atoms with Gasteiger partial charge in [-0.3, -0.25) is 4.90 Å². The van der Waals surface area contributed by atoms with Crippen molar-refractivity contribution in [1.29, 1.82) is 0 Å². The molecule has 17 heavy (non-hydrogen) atoms. The van der Waals surface area contributed by atoms with E-state index in [1.165, 1.54) is 38.6 Å². The molecule has 0 saturated heterocycles. The molecular formula is C14H29NOS. The fraction of sp³-hybridized carbons (Fsp3) is 1.00. The first kappa shape index (κ1) is 15.3. The van der Waals surface area contributed by atoms with Gasteiger partial charge in [0.25, 0.3) is 0 Å². The summed E-state index contributed by atoms with van der Waals surface area (Å²) >= 11 is 4.57. The van der Waals surface area contributed by atoms with E-state index < -0.39 is 0 Å². The Kier molecular flexibility index (Phi) is 6.90. The predicted molar refractivity (Wildman–Crippen MR) is 78.0 cm³/mol. The van der Waals surface area contributed by atoms with Crippen LogP contribution in [0.5, 0.6) is 0 Å². The zero-order valence-electron chi connectivity index (χ0n) is 11.7. The molecule has 0 aliphatic heterocycles. The SMILES string of the molecule is CCC(CC)N(CCOC)CC1(CS)CCC1. The molecule has 1 fully saturated rings. The van der Waals surface area contributed by atoms with Gasteiger partial charge in [-0.15, -0.1) is 0 Å². The molecule has 0 amide bonds. The summed E-state index contributed by atoms with van der Waals surface area (Å²) < 4.78 is 5.25. The van der Waals surface area contributed by atoms with Gasteiger partial charge < -0.3 is 4.74 Å². The van der Waals surface area contributed by atoms with Crippen LogP contribution in [-0.4, -0.2) is 43.5 Å². The monoisotopic (exact) mass is 259 g/mol. The van der Waals surface area contributed by atoms with Gasteiger partial charge in [0.05, 0.1) is 6.61 Å². The number of nitrogens with zero attached hydrogens (tertiary/aromatic N) is 1. The molecule has 0 spiro atoms. The van der Waals surface area contributed by atoms with E-state index in [2.05, 4.69) is 31.4 Å². The average molecular weight is 259 g/mol. The molecule has 0 aromatic carbocycles. The Morgan fingerprint density at radius 3 is 2.29 bits per heavy atom. The van der Waals surface area contributed by atoms with E-state index in [9.17, 15) is 0 Å². The smallest absolute Gasteiger partial charge is 0.0589 e. The van der Waals surface area contributed by atoms with Crippen molar-refractivity contribution in [2.75, 3.05) is 32.6 Å². The number of rotatable bonds is 9. The van der Waals surface area contributed by atoms with Crippen LogP contribution in [0.3, 0.4) is 0 Å². The van der Waals surface area contributed by atoms with Gasteiger partial charge in [-0.25, -0.2) is 0 Å². The lowest BCUT2D eigenvalue weighted by Gasteiger charge is -2.46. The normalized spacial score (nSPS) is 18.7. The highest BCUT2D eigenvalue weighted by Gasteiger charge is 2.38. The second-order valence-corrected chi connectivity index (χ2v) is 5.76. The Bertz CT molecular complexity index is 197. The zero-order chi connectivity index (χ0) is 12.7. The Hall–Kier alpha value is 0.270. The molecule has 0 aromatic rings. The van der Waals surface area contributed by atoms with Gasteiger partial charge in [-0.05, 0) is 36.9 Å². The lowest BCUT2D eigenvalue weighted by molar-refractivity contribution is 0.0421. The summed E-state index contributed by atoms with van der Waals surface area (Å²) in [5, 5.41) is 0. The molecule has 2 nitrogen and oxygen atoms in total. The Morgan fingerprint density at radius 1 is 1.29 bits per heavy atom. The van der Waals surface area contributed by atoms with Crippen LogP contribution < -0.4 is 0 Å². The summed E-state index contributed by atoms with van der Waals surface area (Å²) in [6.45, 7) is 7.72. The summed E-state index contributed by atoms with van der Waals surface area (Å²) in [5.74, 6) is 1.04. The highest BCUT2D eigenvalue weighted by molar-refractivity contribution is 7.80. The molecule has 102 valence electrons. The largest absolute Gasteiger partial charge is 0.383 e. The summed E-state index contributed by atoms with van der Waals surface area (Å²) in [5.41, 5.74) is 0.499.